The minimum absolute atomic E-state index is 0.0820. The maximum atomic E-state index is 14.2. The zero-order chi connectivity index (χ0) is 29.4. The Bertz CT molecular complexity index is 1580. The maximum Gasteiger partial charge on any atom is 0.230 e. The minimum atomic E-state index is -0.961. The van der Waals surface area contributed by atoms with Gasteiger partial charge in [-0.05, 0) is 72.0 Å². The summed E-state index contributed by atoms with van der Waals surface area (Å²) in [4.78, 5) is 45.8. The average Bonchev–Trinajstić information content (AvgIpc) is 3.20. The number of anilines is 1. The Labute approximate surface area is 240 Å². The van der Waals surface area contributed by atoms with Crippen molar-refractivity contribution >= 4 is 40.3 Å². The highest BCUT2D eigenvalue weighted by Crippen LogP contribution is 2.37. The number of nitrogens with zero attached hydrogens (tertiary/aromatic N) is 2. The van der Waals surface area contributed by atoms with Crippen molar-refractivity contribution in [3.8, 4) is 0 Å². The Hall–Kier alpha value is -3.77. The number of aromatic nitrogens is 2. The number of amides is 1. The summed E-state index contributed by atoms with van der Waals surface area (Å²) < 4.78 is 1.81. The molecule has 0 unspecified atom stereocenters. The van der Waals surface area contributed by atoms with E-state index in [9.17, 15) is 14.4 Å². The molecule has 208 valence electrons. The van der Waals surface area contributed by atoms with Gasteiger partial charge in [0.05, 0.1) is 11.2 Å². The van der Waals surface area contributed by atoms with E-state index in [0.717, 1.165) is 5.56 Å². The Morgan fingerprint density at radius 1 is 0.950 bits per heavy atom. The first-order valence-electron chi connectivity index (χ1n) is 13.4. The number of halogens is 1. The molecule has 4 aromatic rings. The fourth-order valence-electron chi connectivity index (χ4n) is 4.72. The van der Waals surface area contributed by atoms with Crippen LogP contribution in [0.15, 0.2) is 67.1 Å². The Morgan fingerprint density at radius 3 is 2.15 bits per heavy atom. The van der Waals surface area contributed by atoms with Crippen molar-refractivity contribution in [2.45, 2.75) is 60.8 Å². The van der Waals surface area contributed by atoms with Gasteiger partial charge in [-0.1, -0.05) is 60.1 Å². The van der Waals surface area contributed by atoms with Gasteiger partial charge in [0.25, 0.3) is 0 Å². The molecule has 1 N–H and O–H groups in total. The lowest BCUT2D eigenvalue weighted by Gasteiger charge is -2.25. The number of hydrogen-bond donors (Lipinski definition) is 1. The summed E-state index contributed by atoms with van der Waals surface area (Å²) in [6, 6.07) is 14.1. The molecule has 0 radical (unpaired) electrons. The van der Waals surface area contributed by atoms with Crippen LogP contribution in [0.4, 0.5) is 5.69 Å². The van der Waals surface area contributed by atoms with Gasteiger partial charge in [0.2, 0.25) is 11.7 Å². The van der Waals surface area contributed by atoms with Crippen LogP contribution < -0.4 is 5.32 Å². The van der Waals surface area contributed by atoms with Crippen molar-refractivity contribution in [1.29, 1.82) is 0 Å². The summed E-state index contributed by atoms with van der Waals surface area (Å²) in [7, 11) is 0. The van der Waals surface area contributed by atoms with Crippen molar-refractivity contribution in [2.24, 2.45) is 10.8 Å². The molecule has 0 spiro atoms. The maximum absolute atomic E-state index is 14.2. The molecule has 1 amide bonds. The average molecular weight is 558 g/mol. The van der Waals surface area contributed by atoms with Crippen LogP contribution in [-0.2, 0) is 11.2 Å². The number of benzene rings is 1. The molecule has 0 saturated carbocycles. The largest absolute Gasteiger partial charge is 0.326 e. The minimum Gasteiger partial charge on any atom is -0.326 e. The molecule has 1 aromatic carbocycles. The number of rotatable bonds is 8. The van der Waals surface area contributed by atoms with Crippen LogP contribution >= 0.6 is 11.6 Å². The third-order valence-corrected chi connectivity index (χ3v) is 7.38. The number of Topliss-reactive ketones (excluding diaryl/α,β-unsaturated/α-hetero) is 1. The molecule has 0 bridgehead atoms. The molecule has 4 rings (SSSR count). The Morgan fingerprint density at radius 2 is 1.57 bits per heavy atom. The second-order valence-corrected chi connectivity index (χ2v) is 12.7. The van der Waals surface area contributed by atoms with Gasteiger partial charge in [0, 0.05) is 51.3 Å². The van der Waals surface area contributed by atoms with Gasteiger partial charge in [-0.15, -0.1) is 0 Å². The molecule has 0 aliphatic heterocycles. The predicted octanol–water partition coefficient (Wildman–Crippen LogP) is 7.78. The standard InChI is InChI=1S/C33H36ClN3O3/c1-20(2)22-14-17-37-26(18-22)27(30(39)32(3,4)5)25(28(37)29(38)21-8-10-23(34)11-9-21)19-33(6,7)31(40)36-24-12-15-35-16-13-24/h8-18,20H,19H2,1-7H3,(H,35,36,40). The monoisotopic (exact) mass is 557 g/mol. The van der Waals surface area contributed by atoms with Crippen molar-refractivity contribution in [3.63, 3.8) is 0 Å². The first-order valence-corrected chi connectivity index (χ1v) is 13.8. The Kier molecular flexibility index (Phi) is 8.04. The molecular weight excluding hydrogens is 522 g/mol. The van der Waals surface area contributed by atoms with E-state index in [1.54, 1.807) is 48.8 Å². The number of nitrogens with one attached hydrogen (secondary N) is 1. The molecule has 0 atom stereocenters. The summed E-state index contributed by atoms with van der Waals surface area (Å²) in [6.45, 7) is 13.5. The van der Waals surface area contributed by atoms with E-state index in [1.807, 2.05) is 57.3 Å². The predicted molar refractivity (Wildman–Crippen MR) is 161 cm³/mol. The van der Waals surface area contributed by atoms with Gasteiger partial charge in [-0.25, -0.2) is 0 Å². The molecule has 3 heterocycles. The zero-order valence-corrected chi connectivity index (χ0v) is 24.9. The Balaban J connectivity index is 1.97. The van der Waals surface area contributed by atoms with E-state index in [-0.39, 0.29) is 29.8 Å². The van der Waals surface area contributed by atoms with E-state index in [4.69, 9.17) is 11.6 Å². The summed E-state index contributed by atoms with van der Waals surface area (Å²) in [6.07, 6.45) is 5.26. The quantitative estimate of drug-likeness (QED) is 0.224. The molecule has 0 saturated heterocycles. The highest BCUT2D eigenvalue weighted by Gasteiger charge is 2.37. The summed E-state index contributed by atoms with van der Waals surface area (Å²) in [5.41, 5.74) is 2.55. The molecule has 0 fully saturated rings. The molecule has 0 aliphatic rings. The highest BCUT2D eigenvalue weighted by atomic mass is 35.5. The molecule has 40 heavy (non-hydrogen) atoms. The van der Waals surface area contributed by atoms with Crippen LogP contribution in [0, 0.1) is 10.8 Å². The fourth-order valence-corrected chi connectivity index (χ4v) is 4.85. The van der Waals surface area contributed by atoms with Crippen molar-refractivity contribution in [2.75, 3.05) is 5.32 Å². The van der Waals surface area contributed by atoms with Crippen molar-refractivity contribution in [1.82, 2.24) is 9.38 Å². The topological polar surface area (TPSA) is 80.5 Å². The summed E-state index contributed by atoms with van der Waals surface area (Å²) in [5.74, 6) is -0.325. The van der Waals surface area contributed by atoms with Crippen LogP contribution in [0.2, 0.25) is 5.02 Å². The number of carbonyl (C=O) groups excluding carboxylic acids is 3. The van der Waals surface area contributed by atoms with E-state index in [0.29, 0.717) is 38.6 Å². The number of ketones is 2. The molecule has 0 aliphatic carbocycles. The van der Waals surface area contributed by atoms with E-state index in [2.05, 4.69) is 24.1 Å². The van der Waals surface area contributed by atoms with E-state index >= 15 is 0 Å². The number of carbonyl (C=O) groups is 3. The lowest BCUT2D eigenvalue weighted by atomic mass is 9.78. The second-order valence-electron chi connectivity index (χ2n) is 12.2. The summed E-state index contributed by atoms with van der Waals surface area (Å²) >= 11 is 6.11. The normalized spacial score (nSPS) is 12.1. The van der Waals surface area contributed by atoms with Gasteiger partial charge < -0.3 is 9.72 Å². The summed E-state index contributed by atoms with van der Waals surface area (Å²) in [5, 5.41) is 3.48. The zero-order valence-electron chi connectivity index (χ0n) is 24.1. The molecular formula is C33H36ClN3O3. The third-order valence-electron chi connectivity index (χ3n) is 7.13. The smallest absolute Gasteiger partial charge is 0.230 e. The van der Waals surface area contributed by atoms with Gasteiger partial charge in [-0.3, -0.25) is 19.4 Å². The van der Waals surface area contributed by atoms with Crippen LogP contribution in [-0.4, -0.2) is 26.9 Å². The van der Waals surface area contributed by atoms with E-state index < -0.39 is 10.8 Å². The van der Waals surface area contributed by atoms with Crippen molar-refractivity contribution in [3.05, 3.63) is 100 Å². The van der Waals surface area contributed by atoms with Gasteiger partial charge in [0.1, 0.15) is 0 Å². The third kappa shape index (κ3) is 5.87. The van der Waals surface area contributed by atoms with Crippen LogP contribution in [0.5, 0.6) is 0 Å². The van der Waals surface area contributed by atoms with Crippen LogP contribution in [0.25, 0.3) is 5.52 Å². The number of hydrogen-bond acceptors (Lipinski definition) is 4. The molecule has 7 heteroatoms. The fraction of sp³-hybridized carbons (Fsp3) is 0.333. The van der Waals surface area contributed by atoms with E-state index in [1.165, 1.54) is 0 Å². The van der Waals surface area contributed by atoms with Crippen LogP contribution in [0.3, 0.4) is 0 Å². The van der Waals surface area contributed by atoms with Crippen LogP contribution in [0.1, 0.15) is 91.9 Å². The van der Waals surface area contributed by atoms with Gasteiger partial charge in [-0.2, -0.15) is 0 Å². The van der Waals surface area contributed by atoms with Gasteiger partial charge >= 0.3 is 0 Å². The SMILES string of the molecule is CC(C)c1ccn2c(C(=O)c3ccc(Cl)cc3)c(CC(C)(C)C(=O)Nc3ccncc3)c(C(=O)C(C)(C)C)c2c1. The lowest BCUT2D eigenvalue weighted by Crippen LogP contribution is -2.34. The number of pyridine rings is 2. The molecule has 3 aromatic heterocycles. The first-order chi connectivity index (χ1) is 18.7. The molecule has 6 nitrogen and oxygen atoms in total. The number of fused-ring (bicyclic) bond motifs is 1. The first kappa shape index (κ1) is 29.2. The second kappa shape index (κ2) is 11.0. The van der Waals surface area contributed by atoms with Gasteiger partial charge in [0.15, 0.2) is 5.78 Å². The lowest BCUT2D eigenvalue weighted by molar-refractivity contribution is -0.123. The van der Waals surface area contributed by atoms with Crippen molar-refractivity contribution < 1.29 is 14.4 Å². The highest BCUT2D eigenvalue weighted by molar-refractivity contribution is 6.30.